The molecule has 0 spiro atoms. The van der Waals surface area contributed by atoms with Gasteiger partial charge in [-0.15, -0.1) is 0 Å². The summed E-state index contributed by atoms with van der Waals surface area (Å²) in [7, 11) is 0. The Kier molecular flexibility index (Phi) is 5.35. The summed E-state index contributed by atoms with van der Waals surface area (Å²) in [5.41, 5.74) is 7.06. The van der Waals surface area contributed by atoms with Crippen LogP contribution in [-0.4, -0.2) is 24.4 Å². The van der Waals surface area contributed by atoms with Crippen LogP contribution >= 0.6 is 23.4 Å². The molecule has 1 aromatic carbocycles. The van der Waals surface area contributed by atoms with Crippen LogP contribution in [0.1, 0.15) is 18.4 Å². The van der Waals surface area contributed by atoms with Crippen molar-refractivity contribution >= 4 is 28.5 Å². The Morgan fingerprint density at radius 1 is 1.44 bits per heavy atom. The second kappa shape index (κ2) is 7.02. The van der Waals surface area contributed by atoms with Gasteiger partial charge in [0.25, 0.3) is 0 Å². The van der Waals surface area contributed by atoms with E-state index in [1.165, 1.54) is 5.56 Å². The molecular weight excluding hydrogens is 268 g/mol. The minimum atomic E-state index is 0.264. The minimum Gasteiger partial charge on any atom is -0.379 e. The summed E-state index contributed by atoms with van der Waals surface area (Å²) in [6.45, 7) is 1.54. The van der Waals surface area contributed by atoms with Crippen molar-refractivity contribution in [3.05, 3.63) is 34.9 Å². The zero-order chi connectivity index (χ0) is 12.8. The number of thioether (sulfide) groups is 1. The molecule has 1 heterocycles. The zero-order valence-corrected chi connectivity index (χ0v) is 11.7. The van der Waals surface area contributed by atoms with Gasteiger partial charge in [-0.2, -0.15) is 0 Å². The highest BCUT2D eigenvalue weighted by Crippen LogP contribution is 2.16. The van der Waals surface area contributed by atoms with Crippen molar-refractivity contribution in [3.8, 4) is 0 Å². The number of halogens is 1. The molecule has 0 unspecified atom stereocenters. The average molecular weight is 285 g/mol. The van der Waals surface area contributed by atoms with E-state index in [4.69, 9.17) is 22.1 Å². The standard InChI is InChI=1S/C13H17ClN2OS/c14-11-5-3-10(4-6-11)9-18-13(15)16-8-12-2-1-7-17-12/h3-6,12H,1-2,7-9H2,(H2,15,16)/t12-/m0/s1. The fraction of sp³-hybridized carbons (Fsp3) is 0.462. The lowest BCUT2D eigenvalue weighted by atomic mass is 10.2. The molecule has 0 radical (unpaired) electrons. The highest BCUT2D eigenvalue weighted by Gasteiger charge is 2.14. The van der Waals surface area contributed by atoms with E-state index in [0.717, 1.165) is 30.2 Å². The summed E-state index contributed by atoms with van der Waals surface area (Å²) in [4.78, 5) is 4.35. The lowest BCUT2D eigenvalue weighted by molar-refractivity contribution is 0.118. The molecule has 98 valence electrons. The van der Waals surface area contributed by atoms with Crippen molar-refractivity contribution in [1.29, 1.82) is 0 Å². The van der Waals surface area contributed by atoms with Crippen molar-refractivity contribution in [2.24, 2.45) is 10.7 Å². The molecule has 1 fully saturated rings. The van der Waals surface area contributed by atoms with E-state index in [2.05, 4.69) is 4.99 Å². The van der Waals surface area contributed by atoms with Crippen molar-refractivity contribution in [2.75, 3.05) is 13.2 Å². The fourth-order valence-corrected chi connectivity index (χ4v) is 2.56. The second-order valence-electron chi connectivity index (χ2n) is 4.23. The van der Waals surface area contributed by atoms with Crippen LogP contribution in [0.4, 0.5) is 0 Å². The maximum Gasteiger partial charge on any atom is 0.154 e. The molecule has 1 aromatic rings. The molecule has 1 aliphatic heterocycles. The van der Waals surface area contributed by atoms with Gasteiger partial charge < -0.3 is 10.5 Å². The topological polar surface area (TPSA) is 47.6 Å². The highest BCUT2D eigenvalue weighted by atomic mass is 35.5. The first-order chi connectivity index (χ1) is 8.74. The van der Waals surface area contributed by atoms with Gasteiger partial charge in [-0.3, -0.25) is 4.99 Å². The van der Waals surface area contributed by atoms with E-state index in [1.807, 2.05) is 24.3 Å². The van der Waals surface area contributed by atoms with E-state index < -0.39 is 0 Å². The molecular formula is C13H17ClN2OS. The smallest absolute Gasteiger partial charge is 0.154 e. The third-order valence-electron chi connectivity index (χ3n) is 2.77. The Balaban J connectivity index is 1.74. The summed E-state index contributed by atoms with van der Waals surface area (Å²) < 4.78 is 5.49. The number of benzene rings is 1. The highest BCUT2D eigenvalue weighted by molar-refractivity contribution is 8.13. The zero-order valence-electron chi connectivity index (χ0n) is 10.1. The first-order valence-electron chi connectivity index (χ1n) is 6.03. The monoisotopic (exact) mass is 284 g/mol. The van der Waals surface area contributed by atoms with Crippen molar-refractivity contribution in [3.63, 3.8) is 0 Å². The Morgan fingerprint density at radius 2 is 2.22 bits per heavy atom. The van der Waals surface area contributed by atoms with Gasteiger partial charge in [0.05, 0.1) is 12.6 Å². The number of nitrogens with two attached hydrogens (primary N) is 1. The van der Waals surface area contributed by atoms with Crippen LogP contribution in [0.3, 0.4) is 0 Å². The number of hydrogen-bond donors (Lipinski definition) is 1. The van der Waals surface area contributed by atoms with Gasteiger partial charge in [-0.1, -0.05) is 35.5 Å². The maximum absolute atomic E-state index is 5.86. The van der Waals surface area contributed by atoms with E-state index in [9.17, 15) is 0 Å². The normalized spacial score (nSPS) is 20.3. The summed E-state index contributed by atoms with van der Waals surface area (Å²) in [6.07, 6.45) is 2.50. The summed E-state index contributed by atoms with van der Waals surface area (Å²) in [5, 5.41) is 1.38. The molecule has 0 saturated carbocycles. The van der Waals surface area contributed by atoms with Crippen LogP contribution < -0.4 is 5.73 Å². The predicted octanol–water partition coefficient (Wildman–Crippen LogP) is 3.07. The molecule has 2 rings (SSSR count). The third-order valence-corrected chi connectivity index (χ3v) is 3.93. The third kappa shape index (κ3) is 4.52. The minimum absolute atomic E-state index is 0.264. The van der Waals surface area contributed by atoms with Crippen LogP contribution in [0.25, 0.3) is 0 Å². The predicted molar refractivity (Wildman–Crippen MR) is 78.2 cm³/mol. The Morgan fingerprint density at radius 3 is 2.89 bits per heavy atom. The van der Waals surface area contributed by atoms with E-state index in [0.29, 0.717) is 11.7 Å². The molecule has 5 heteroatoms. The first-order valence-corrected chi connectivity index (χ1v) is 7.39. The molecule has 1 aliphatic rings. The van der Waals surface area contributed by atoms with Gasteiger partial charge in [-0.25, -0.2) is 0 Å². The molecule has 3 nitrogen and oxygen atoms in total. The van der Waals surface area contributed by atoms with Crippen LogP contribution in [0.5, 0.6) is 0 Å². The Bertz CT molecular complexity index is 402. The largest absolute Gasteiger partial charge is 0.379 e. The number of ether oxygens (including phenoxy) is 1. The fourth-order valence-electron chi connectivity index (χ4n) is 1.76. The van der Waals surface area contributed by atoms with E-state index >= 15 is 0 Å². The van der Waals surface area contributed by atoms with Gasteiger partial charge in [0, 0.05) is 17.4 Å². The molecule has 0 bridgehead atoms. The van der Waals surface area contributed by atoms with Crippen LogP contribution in [-0.2, 0) is 10.5 Å². The summed E-state index contributed by atoms with van der Waals surface area (Å²) in [5.74, 6) is 0.817. The van der Waals surface area contributed by atoms with Crippen molar-refractivity contribution in [2.45, 2.75) is 24.7 Å². The van der Waals surface area contributed by atoms with Gasteiger partial charge in [-0.05, 0) is 30.5 Å². The van der Waals surface area contributed by atoms with Crippen LogP contribution in [0.2, 0.25) is 5.02 Å². The number of aliphatic imine (C=N–C) groups is 1. The van der Waals surface area contributed by atoms with Gasteiger partial charge >= 0.3 is 0 Å². The summed E-state index contributed by atoms with van der Waals surface area (Å²) in [6, 6.07) is 7.78. The lowest BCUT2D eigenvalue weighted by Crippen LogP contribution is -2.14. The quantitative estimate of drug-likeness (QED) is 0.683. The maximum atomic E-state index is 5.86. The van der Waals surface area contributed by atoms with E-state index in [-0.39, 0.29) is 6.10 Å². The Hall–Kier alpha value is -0.710. The number of hydrogen-bond acceptors (Lipinski definition) is 3. The lowest BCUT2D eigenvalue weighted by Gasteiger charge is -2.06. The molecule has 18 heavy (non-hydrogen) atoms. The second-order valence-corrected chi connectivity index (χ2v) is 5.66. The molecule has 0 aliphatic carbocycles. The Labute approximate surface area is 117 Å². The van der Waals surface area contributed by atoms with Crippen LogP contribution in [0, 0.1) is 0 Å². The molecule has 1 saturated heterocycles. The van der Waals surface area contributed by atoms with Gasteiger partial charge in [0.1, 0.15) is 0 Å². The first kappa shape index (κ1) is 13.7. The number of rotatable bonds is 4. The molecule has 0 amide bonds. The van der Waals surface area contributed by atoms with E-state index in [1.54, 1.807) is 11.8 Å². The van der Waals surface area contributed by atoms with Gasteiger partial charge in [0.2, 0.25) is 0 Å². The van der Waals surface area contributed by atoms with Crippen molar-refractivity contribution in [1.82, 2.24) is 0 Å². The summed E-state index contributed by atoms with van der Waals surface area (Å²) >= 11 is 7.38. The average Bonchev–Trinajstić information content (AvgIpc) is 2.89. The van der Waals surface area contributed by atoms with Crippen LogP contribution in [0.15, 0.2) is 29.3 Å². The number of nitrogens with zero attached hydrogens (tertiary/aromatic N) is 1. The van der Waals surface area contributed by atoms with Crippen molar-refractivity contribution < 1.29 is 4.74 Å². The molecule has 1 atom stereocenters. The van der Waals surface area contributed by atoms with Gasteiger partial charge in [0.15, 0.2) is 5.17 Å². The number of amidine groups is 1. The SMILES string of the molecule is NC(=NC[C@@H]1CCCO1)SCc1ccc(Cl)cc1. The molecule has 2 N–H and O–H groups in total. The molecule has 0 aromatic heterocycles.